The van der Waals surface area contributed by atoms with Gasteiger partial charge in [-0.25, -0.2) is 14.5 Å². The number of urea groups is 1. The molecule has 24 heavy (non-hydrogen) atoms. The van der Waals surface area contributed by atoms with Crippen LogP contribution in [0.3, 0.4) is 0 Å². The summed E-state index contributed by atoms with van der Waals surface area (Å²) in [7, 11) is 0. The van der Waals surface area contributed by atoms with Crippen LogP contribution in [0.25, 0.3) is 5.69 Å². The SMILES string of the molecule is O=C(NCc1cccc(-n2cncn2)c1)N1CCOCC1C1CC1. The first-order chi connectivity index (χ1) is 11.8. The zero-order valence-corrected chi connectivity index (χ0v) is 13.5. The first kappa shape index (κ1) is 15.1. The van der Waals surface area contributed by atoms with Gasteiger partial charge in [0, 0.05) is 13.1 Å². The highest BCUT2D eigenvalue weighted by molar-refractivity contribution is 5.74. The summed E-state index contributed by atoms with van der Waals surface area (Å²) < 4.78 is 7.25. The number of amides is 2. The van der Waals surface area contributed by atoms with Gasteiger partial charge in [0.15, 0.2) is 0 Å². The summed E-state index contributed by atoms with van der Waals surface area (Å²) >= 11 is 0. The van der Waals surface area contributed by atoms with Crippen LogP contribution in [0.1, 0.15) is 18.4 Å². The maximum absolute atomic E-state index is 12.6. The molecule has 2 aliphatic rings. The first-order valence-corrected chi connectivity index (χ1v) is 8.37. The third-order valence-electron chi connectivity index (χ3n) is 4.63. The molecule has 1 atom stereocenters. The topological polar surface area (TPSA) is 72.3 Å². The second kappa shape index (κ2) is 6.60. The number of nitrogens with one attached hydrogen (secondary N) is 1. The summed E-state index contributed by atoms with van der Waals surface area (Å²) in [4.78, 5) is 18.5. The van der Waals surface area contributed by atoms with Gasteiger partial charge in [-0.3, -0.25) is 0 Å². The van der Waals surface area contributed by atoms with E-state index in [0.29, 0.717) is 32.2 Å². The zero-order chi connectivity index (χ0) is 16.4. The number of carbonyl (C=O) groups excluding carboxylic acids is 1. The third kappa shape index (κ3) is 3.26. The second-order valence-corrected chi connectivity index (χ2v) is 6.34. The molecule has 4 rings (SSSR count). The molecular weight excluding hydrogens is 306 g/mol. The number of hydrogen-bond donors (Lipinski definition) is 1. The second-order valence-electron chi connectivity index (χ2n) is 6.34. The van der Waals surface area contributed by atoms with E-state index in [1.165, 1.54) is 19.2 Å². The van der Waals surface area contributed by atoms with Crippen molar-refractivity contribution < 1.29 is 9.53 Å². The lowest BCUT2D eigenvalue weighted by Gasteiger charge is -2.35. The molecule has 1 aromatic heterocycles. The van der Waals surface area contributed by atoms with Gasteiger partial charge in [0.1, 0.15) is 12.7 Å². The van der Waals surface area contributed by atoms with E-state index in [1.54, 1.807) is 11.0 Å². The highest BCUT2D eigenvalue weighted by Crippen LogP contribution is 2.36. The van der Waals surface area contributed by atoms with Crippen molar-refractivity contribution in [3.05, 3.63) is 42.5 Å². The van der Waals surface area contributed by atoms with Gasteiger partial charge in [-0.05, 0) is 36.5 Å². The summed E-state index contributed by atoms with van der Waals surface area (Å²) in [6.45, 7) is 2.46. The van der Waals surface area contributed by atoms with Crippen molar-refractivity contribution in [2.45, 2.75) is 25.4 Å². The van der Waals surface area contributed by atoms with Crippen LogP contribution in [0.15, 0.2) is 36.9 Å². The molecule has 1 saturated heterocycles. The Labute approximate surface area is 140 Å². The maximum atomic E-state index is 12.6. The van der Waals surface area contributed by atoms with Crippen LogP contribution in [0, 0.1) is 5.92 Å². The van der Waals surface area contributed by atoms with Crippen LogP contribution in [0.5, 0.6) is 0 Å². The first-order valence-electron chi connectivity index (χ1n) is 8.37. The van der Waals surface area contributed by atoms with Crippen LogP contribution in [-0.2, 0) is 11.3 Å². The number of benzene rings is 1. The predicted octanol–water partition coefficient (Wildman–Crippen LogP) is 1.59. The lowest BCUT2D eigenvalue weighted by atomic mass is 10.1. The van der Waals surface area contributed by atoms with E-state index in [1.807, 2.05) is 29.2 Å². The number of rotatable bonds is 4. The van der Waals surface area contributed by atoms with E-state index >= 15 is 0 Å². The Balaban J connectivity index is 1.39. The molecule has 7 nitrogen and oxygen atoms in total. The van der Waals surface area contributed by atoms with Gasteiger partial charge < -0.3 is 15.0 Å². The quantitative estimate of drug-likeness (QED) is 0.925. The van der Waals surface area contributed by atoms with E-state index in [9.17, 15) is 4.79 Å². The molecule has 1 aromatic carbocycles. The lowest BCUT2D eigenvalue weighted by molar-refractivity contribution is 0.00463. The molecule has 1 unspecified atom stereocenters. The summed E-state index contributed by atoms with van der Waals surface area (Å²) in [5, 5.41) is 7.17. The average Bonchev–Trinajstić information content (AvgIpc) is 3.33. The number of hydrogen-bond acceptors (Lipinski definition) is 4. The molecule has 2 aromatic rings. The Kier molecular flexibility index (Phi) is 4.17. The molecule has 2 fully saturated rings. The molecule has 1 aliphatic heterocycles. The average molecular weight is 327 g/mol. The Bertz CT molecular complexity index is 699. The molecule has 0 bridgehead atoms. The smallest absolute Gasteiger partial charge is 0.318 e. The molecule has 126 valence electrons. The standard InChI is InChI=1S/C17H21N5O2/c23-17(21-6-7-24-10-16(21)14-4-5-14)19-9-13-2-1-3-15(8-13)22-12-18-11-20-22/h1-3,8,11-12,14,16H,4-7,9-10H2,(H,19,23). The molecule has 2 heterocycles. The molecule has 2 amide bonds. The van der Waals surface area contributed by atoms with Gasteiger partial charge in [-0.15, -0.1) is 0 Å². The molecular formula is C17H21N5O2. The van der Waals surface area contributed by atoms with Gasteiger partial charge >= 0.3 is 6.03 Å². The van der Waals surface area contributed by atoms with Crippen molar-refractivity contribution in [2.75, 3.05) is 19.8 Å². The summed E-state index contributed by atoms with van der Waals surface area (Å²) in [6, 6.07) is 8.16. The summed E-state index contributed by atoms with van der Waals surface area (Å²) in [5.41, 5.74) is 1.97. The highest BCUT2D eigenvalue weighted by Gasteiger charge is 2.39. The van der Waals surface area contributed by atoms with E-state index in [2.05, 4.69) is 15.4 Å². The van der Waals surface area contributed by atoms with Crippen LogP contribution in [0.4, 0.5) is 4.79 Å². The number of carbonyl (C=O) groups is 1. The van der Waals surface area contributed by atoms with Gasteiger partial charge in [0.2, 0.25) is 0 Å². The van der Waals surface area contributed by atoms with Gasteiger partial charge in [-0.2, -0.15) is 5.10 Å². The van der Waals surface area contributed by atoms with Crippen molar-refractivity contribution in [3.63, 3.8) is 0 Å². The van der Waals surface area contributed by atoms with Crippen molar-refractivity contribution in [1.82, 2.24) is 25.0 Å². The van der Waals surface area contributed by atoms with Gasteiger partial charge in [0.25, 0.3) is 0 Å². The Hall–Kier alpha value is -2.41. The van der Waals surface area contributed by atoms with Crippen LogP contribution < -0.4 is 5.32 Å². The molecule has 1 N–H and O–H groups in total. The molecule has 0 spiro atoms. The summed E-state index contributed by atoms with van der Waals surface area (Å²) in [5.74, 6) is 0.617. The third-order valence-corrected chi connectivity index (χ3v) is 4.63. The van der Waals surface area contributed by atoms with Crippen molar-refractivity contribution in [2.24, 2.45) is 5.92 Å². The molecule has 7 heteroatoms. The van der Waals surface area contributed by atoms with E-state index in [-0.39, 0.29) is 12.1 Å². The monoisotopic (exact) mass is 327 g/mol. The van der Waals surface area contributed by atoms with E-state index < -0.39 is 0 Å². The van der Waals surface area contributed by atoms with Crippen LogP contribution >= 0.6 is 0 Å². The normalized spacial score (nSPS) is 20.8. The predicted molar refractivity (Wildman–Crippen MR) is 87.6 cm³/mol. The number of morpholine rings is 1. The van der Waals surface area contributed by atoms with Gasteiger partial charge in [0.05, 0.1) is 24.9 Å². The molecule has 0 radical (unpaired) electrons. The van der Waals surface area contributed by atoms with Crippen molar-refractivity contribution in [3.8, 4) is 5.69 Å². The lowest BCUT2D eigenvalue weighted by Crippen LogP contribution is -2.53. The minimum Gasteiger partial charge on any atom is -0.377 e. The number of ether oxygens (including phenoxy) is 1. The fourth-order valence-electron chi connectivity index (χ4n) is 3.18. The number of aromatic nitrogens is 3. The van der Waals surface area contributed by atoms with E-state index in [0.717, 1.165) is 11.3 Å². The number of nitrogens with zero attached hydrogens (tertiary/aromatic N) is 4. The Morgan fingerprint density at radius 1 is 1.38 bits per heavy atom. The van der Waals surface area contributed by atoms with Crippen LogP contribution in [0.2, 0.25) is 0 Å². The fraction of sp³-hybridized carbons (Fsp3) is 0.471. The maximum Gasteiger partial charge on any atom is 0.318 e. The highest BCUT2D eigenvalue weighted by atomic mass is 16.5. The fourth-order valence-corrected chi connectivity index (χ4v) is 3.18. The Morgan fingerprint density at radius 3 is 3.08 bits per heavy atom. The summed E-state index contributed by atoms with van der Waals surface area (Å²) in [6.07, 6.45) is 5.58. The Morgan fingerprint density at radius 2 is 2.29 bits per heavy atom. The minimum atomic E-state index is 0.00126. The molecule has 1 aliphatic carbocycles. The van der Waals surface area contributed by atoms with Crippen molar-refractivity contribution >= 4 is 6.03 Å². The minimum absolute atomic E-state index is 0.00126. The molecule has 1 saturated carbocycles. The van der Waals surface area contributed by atoms with Crippen LogP contribution in [-0.4, -0.2) is 51.5 Å². The largest absolute Gasteiger partial charge is 0.377 e. The van der Waals surface area contributed by atoms with Gasteiger partial charge in [-0.1, -0.05) is 12.1 Å². The van der Waals surface area contributed by atoms with Crippen molar-refractivity contribution in [1.29, 1.82) is 0 Å². The van der Waals surface area contributed by atoms with E-state index in [4.69, 9.17) is 4.74 Å². The zero-order valence-electron chi connectivity index (χ0n) is 13.5.